The maximum Gasteiger partial charge on any atom is 0.294 e. The van der Waals surface area contributed by atoms with Gasteiger partial charge in [-0.05, 0) is 12.1 Å². The third-order valence-electron chi connectivity index (χ3n) is 1.79. The van der Waals surface area contributed by atoms with Crippen molar-refractivity contribution < 1.29 is 14.5 Å². The lowest BCUT2D eigenvalue weighted by molar-refractivity contribution is -0.383. The summed E-state index contributed by atoms with van der Waals surface area (Å²) < 4.78 is 4.61. The summed E-state index contributed by atoms with van der Waals surface area (Å²) in [5, 5.41) is 13.0. The molecule has 16 heavy (non-hydrogen) atoms. The van der Waals surface area contributed by atoms with Crippen molar-refractivity contribution in [3.63, 3.8) is 0 Å². The number of hydrogen-bond donors (Lipinski definition) is 2. The fourth-order valence-electron chi connectivity index (χ4n) is 1.11. The van der Waals surface area contributed by atoms with Gasteiger partial charge in [0, 0.05) is 18.9 Å². The van der Waals surface area contributed by atoms with E-state index in [0.717, 1.165) is 0 Å². The van der Waals surface area contributed by atoms with E-state index in [1.165, 1.54) is 25.3 Å². The van der Waals surface area contributed by atoms with Crippen LogP contribution in [0, 0.1) is 10.1 Å². The SMILES string of the molecule is COCC(=O)Nc1ccc(N)c([N+](=O)[O-])c1. The smallest absolute Gasteiger partial charge is 0.294 e. The van der Waals surface area contributed by atoms with E-state index >= 15 is 0 Å². The van der Waals surface area contributed by atoms with Crippen LogP contribution in [0.15, 0.2) is 18.2 Å². The highest BCUT2D eigenvalue weighted by molar-refractivity contribution is 5.92. The number of rotatable bonds is 4. The zero-order valence-electron chi connectivity index (χ0n) is 8.60. The minimum Gasteiger partial charge on any atom is -0.393 e. The van der Waals surface area contributed by atoms with Crippen molar-refractivity contribution in [1.29, 1.82) is 0 Å². The number of nitro groups is 1. The molecule has 7 heteroatoms. The van der Waals surface area contributed by atoms with E-state index in [1.807, 2.05) is 0 Å². The molecule has 0 atom stereocenters. The monoisotopic (exact) mass is 225 g/mol. The summed E-state index contributed by atoms with van der Waals surface area (Å²) >= 11 is 0. The minimum atomic E-state index is -0.610. The molecule has 0 unspecified atom stereocenters. The summed E-state index contributed by atoms with van der Waals surface area (Å²) in [4.78, 5) is 21.1. The Morgan fingerprint density at radius 2 is 2.31 bits per heavy atom. The summed E-state index contributed by atoms with van der Waals surface area (Å²) in [7, 11) is 1.38. The third-order valence-corrected chi connectivity index (χ3v) is 1.79. The Morgan fingerprint density at radius 3 is 2.88 bits per heavy atom. The first kappa shape index (κ1) is 11.9. The lowest BCUT2D eigenvalue weighted by Gasteiger charge is -2.05. The van der Waals surface area contributed by atoms with Crippen LogP contribution < -0.4 is 11.1 Å². The van der Waals surface area contributed by atoms with Gasteiger partial charge in [0.25, 0.3) is 5.69 Å². The van der Waals surface area contributed by atoms with Crippen LogP contribution in [0.2, 0.25) is 0 Å². The number of nitrogens with zero attached hydrogens (tertiary/aromatic N) is 1. The first-order valence-corrected chi connectivity index (χ1v) is 4.37. The van der Waals surface area contributed by atoms with Gasteiger partial charge in [-0.2, -0.15) is 0 Å². The topological polar surface area (TPSA) is 107 Å². The van der Waals surface area contributed by atoms with Crippen molar-refractivity contribution in [3.8, 4) is 0 Å². The van der Waals surface area contributed by atoms with Crippen LogP contribution in [-0.4, -0.2) is 24.5 Å². The molecule has 0 saturated carbocycles. The molecular formula is C9H11N3O4. The molecular weight excluding hydrogens is 214 g/mol. The molecule has 0 aliphatic heterocycles. The Kier molecular flexibility index (Phi) is 3.78. The highest BCUT2D eigenvalue weighted by atomic mass is 16.6. The molecule has 0 fully saturated rings. The number of nitrogen functional groups attached to an aromatic ring is 1. The van der Waals surface area contributed by atoms with Gasteiger partial charge in [0.15, 0.2) is 0 Å². The number of benzene rings is 1. The van der Waals surface area contributed by atoms with E-state index in [-0.39, 0.29) is 23.9 Å². The molecule has 0 bridgehead atoms. The largest absolute Gasteiger partial charge is 0.393 e. The van der Waals surface area contributed by atoms with E-state index in [2.05, 4.69) is 10.1 Å². The van der Waals surface area contributed by atoms with Crippen LogP contribution in [-0.2, 0) is 9.53 Å². The number of carbonyl (C=O) groups excluding carboxylic acids is 1. The Hall–Kier alpha value is -2.15. The summed E-state index contributed by atoms with van der Waals surface area (Å²) in [6.45, 7) is -0.113. The Morgan fingerprint density at radius 1 is 1.62 bits per heavy atom. The molecule has 0 spiro atoms. The number of hydrogen-bond acceptors (Lipinski definition) is 5. The third kappa shape index (κ3) is 2.92. The first-order valence-electron chi connectivity index (χ1n) is 4.37. The number of carbonyl (C=O) groups is 1. The number of nitro benzene ring substituents is 1. The van der Waals surface area contributed by atoms with Crippen LogP contribution in [0.5, 0.6) is 0 Å². The van der Waals surface area contributed by atoms with Gasteiger partial charge in [0.05, 0.1) is 4.92 Å². The van der Waals surface area contributed by atoms with Gasteiger partial charge in [0.1, 0.15) is 12.3 Å². The maximum atomic E-state index is 11.1. The van der Waals surface area contributed by atoms with Crippen molar-refractivity contribution in [3.05, 3.63) is 28.3 Å². The molecule has 86 valence electrons. The molecule has 1 aromatic carbocycles. The van der Waals surface area contributed by atoms with Crippen molar-refractivity contribution in [2.45, 2.75) is 0 Å². The van der Waals surface area contributed by atoms with E-state index in [4.69, 9.17) is 5.73 Å². The second kappa shape index (κ2) is 5.08. The first-order chi connectivity index (χ1) is 7.54. The normalized spacial score (nSPS) is 9.81. The number of ether oxygens (including phenoxy) is 1. The molecule has 0 aromatic heterocycles. The molecule has 7 nitrogen and oxygen atoms in total. The van der Waals surface area contributed by atoms with Gasteiger partial charge in [-0.15, -0.1) is 0 Å². The van der Waals surface area contributed by atoms with E-state index in [9.17, 15) is 14.9 Å². The van der Waals surface area contributed by atoms with Gasteiger partial charge in [-0.3, -0.25) is 14.9 Å². The predicted octanol–water partition coefficient (Wildman–Crippen LogP) is 0.762. The summed E-state index contributed by atoms with van der Waals surface area (Å²) in [6, 6.07) is 4.04. The van der Waals surface area contributed by atoms with Crippen molar-refractivity contribution in [1.82, 2.24) is 0 Å². The lowest BCUT2D eigenvalue weighted by atomic mass is 10.2. The quantitative estimate of drug-likeness (QED) is 0.447. The maximum absolute atomic E-state index is 11.1. The zero-order chi connectivity index (χ0) is 12.1. The zero-order valence-corrected chi connectivity index (χ0v) is 8.60. The van der Waals surface area contributed by atoms with Crippen molar-refractivity contribution in [2.75, 3.05) is 24.8 Å². The van der Waals surface area contributed by atoms with Crippen LogP contribution in [0.25, 0.3) is 0 Å². The van der Waals surface area contributed by atoms with Gasteiger partial charge < -0.3 is 15.8 Å². The van der Waals surface area contributed by atoms with E-state index in [0.29, 0.717) is 5.69 Å². The number of anilines is 2. The van der Waals surface area contributed by atoms with Crippen LogP contribution >= 0.6 is 0 Å². The Labute approximate surface area is 91.3 Å². The van der Waals surface area contributed by atoms with Gasteiger partial charge >= 0.3 is 0 Å². The molecule has 0 heterocycles. The molecule has 0 radical (unpaired) electrons. The van der Waals surface area contributed by atoms with Crippen LogP contribution in [0.4, 0.5) is 17.1 Å². The Balaban J connectivity index is 2.87. The van der Waals surface area contributed by atoms with Crippen molar-refractivity contribution in [2.24, 2.45) is 0 Å². The standard InChI is InChI=1S/C9H11N3O4/c1-16-5-9(13)11-6-2-3-7(10)8(4-6)12(14)15/h2-4H,5,10H2,1H3,(H,11,13). The minimum absolute atomic E-state index is 0.0507. The number of amides is 1. The molecule has 3 N–H and O–H groups in total. The second-order valence-corrected chi connectivity index (χ2v) is 3.01. The number of nitrogens with two attached hydrogens (primary N) is 1. The fraction of sp³-hybridized carbons (Fsp3) is 0.222. The second-order valence-electron chi connectivity index (χ2n) is 3.01. The average molecular weight is 225 g/mol. The van der Waals surface area contributed by atoms with Crippen molar-refractivity contribution >= 4 is 23.0 Å². The van der Waals surface area contributed by atoms with E-state index < -0.39 is 4.92 Å². The average Bonchev–Trinajstić information content (AvgIpc) is 2.21. The number of nitrogens with one attached hydrogen (secondary N) is 1. The summed E-state index contributed by atoms with van der Waals surface area (Å²) in [5.41, 5.74) is 5.52. The molecule has 0 saturated heterocycles. The summed E-state index contributed by atoms with van der Waals surface area (Å²) in [5.74, 6) is -0.387. The highest BCUT2D eigenvalue weighted by Crippen LogP contribution is 2.24. The molecule has 1 aromatic rings. The fourth-order valence-corrected chi connectivity index (χ4v) is 1.11. The Bertz CT molecular complexity index is 419. The highest BCUT2D eigenvalue weighted by Gasteiger charge is 2.12. The molecule has 1 rings (SSSR count). The van der Waals surface area contributed by atoms with Gasteiger partial charge in [-0.25, -0.2) is 0 Å². The summed E-state index contributed by atoms with van der Waals surface area (Å²) in [6.07, 6.45) is 0. The van der Waals surface area contributed by atoms with Crippen LogP contribution in [0.1, 0.15) is 0 Å². The van der Waals surface area contributed by atoms with Gasteiger partial charge in [-0.1, -0.05) is 0 Å². The number of methoxy groups -OCH3 is 1. The van der Waals surface area contributed by atoms with Crippen LogP contribution in [0.3, 0.4) is 0 Å². The molecule has 1 amide bonds. The predicted molar refractivity (Wildman–Crippen MR) is 58.0 cm³/mol. The van der Waals surface area contributed by atoms with E-state index in [1.54, 1.807) is 0 Å². The molecule has 0 aliphatic rings. The van der Waals surface area contributed by atoms with Gasteiger partial charge in [0.2, 0.25) is 5.91 Å². The molecule has 0 aliphatic carbocycles. The lowest BCUT2D eigenvalue weighted by Crippen LogP contribution is -2.17.